The van der Waals surface area contributed by atoms with Crippen LogP contribution in [0.1, 0.15) is 17.9 Å². The molecule has 1 aromatic rings. The first-order valence-electron chi connectivity index (χ1n) is 7.70. The summed E-state index contributed by atoms with van der Waals surface area (Å²) in [5.41, 5.74) is 1.27. The number of nitrogens with one attached hydrogen (secondary N) is 2. The van der Waals surface area contributed by atoms with Gasteiger partial charge in [-0.15, -0.1) is 0 Å². The highest BCUT2D eigenvalue weighted by atomic mass is 79.9. The summed E-state index contributed by atoms with van der Waals surface area (Å²) < 4.78 is 1.09. The molecule has 2 unspecified atom stereocenters. The van der Waals surface area contributed by atoms with Crippen LogP contribution in [0, 0.1) is 5.92 Å². The molecule has 0 aromatic heterocycles. The van der Waals surface area contributed by atoms with E-state index in [1.807, 2.05) is 12.1 Å². The Bertz CT molecular complexity index is 502. The standard InChI is InChI=1S/C16H22BrN3O/c17-13-3-1-2-12(10-13)14-11-15(14)16(21)19-6-9-20-7-4-18-5-8-20/h1-3,10,14-15,18H,4-9,11H2,(H,19,21). The van der Waals surface area contributed by atoms with Gasteiger partial charge in [0.2, 0.25) is 5.91 Å². The third kappa shape index (κ3) is 4.05. The van der Waals surface area contributed by atoms with E-state index in [9.17, 15) is 4.79 Å². The number of carbonyl (C=O) groups excluding carboxylic acids is 1. The summed E-state index contributed by atoms with van der Waals surface area (Å²) in [7, 11) is 0. The van der Waals surface area contributed by atoms with Crippen LogP contribution in [-0.4, -0.2) is 50.1 Å². The smallest absolute Gasteiger partial charge is 0.223 e. The van der Waals surface area contributed by atoms with Gasteiger partial charge < -0.3 is 10.6 Å². The molecule has 2 N–H and O–H groups in total. The minimum absolute atomic E-state index is 0.169. The molecule has 1 aromatic carbocycles. The van der Waals surface area contributed by atoms with Crippen molar-refractivity contribution in [3.05, 3.63) is 34.3 Å². The van der Waals surface area contributed by atoms with Gasteiger partial charge >= 0.3 is 0 Å². The zero-order valence-corrected chi connectivity index (χ0v) is 13.7. The van der Waals surface area contributed by atoms with Crippen LogP contribution in [0.3, 0.4) is 0 Å². The number of carbonyl (C=O) groups is 1. The Balaban J connectivity index is 1.41. The monoisotopic (exact) mass is 351 g/mol. The van der Waals surface area contributed by atoms with Crippen molar-refractivity contribution in [1.82, 2.24) is 15.5 Å². The lowest BCUT2D eigenvalue weighted by Gasteiger charge is -2.27. The van der Waals surface area contributed by atoms with Crippen molar-refractivity contribution in [1.29, 1.82) is 0 Å². The van der Waals surface area contributed by atoms with Gasteiger partial charge in [0.05, 0.1) is 0 Å². The summed E-state index contributed by atoms with van der Waals surface area (Å²) in [6.07, 6.45) is 0.982. The molecule has 1 heterocycles. The van der Waals surface area contributed by atoms with Crippen LogP contribution in [0.25, 0.3) is 0 Å². The Kier molecular flexibility index (Phi) is 4.93. The number of benzene rings is 1. The molecule has 2 fully saturated rings. The van der Waals surface area contributed by atoms with Crippen molar-refractivity contribution >= 4 is 21.8 Å². The molecular formula is C16H22BrN3O. The number of halogens is 1. The highest BCUT2D eigenvalue weighted by Crippen LogP contribution is 2.47. The maximum atomic E-state index is 12.2. The predicted molar refractivity (Wildman–Crippen MR) is 87.3 cm³/mol. The molecular weight excluding hydrogens is 330 g/mol. The van der Waals surface area contributed by atoms with E-state index in [0.717, 1.165) is 50.2 Å². The van der Waals surface area contributed by atoms with Crippen LogP contribution in [-0.2, 0) is 4.79 Å². The summed E-state index contributed by atoms with van der Waals surface area (Å²) in [6.45, 7) is 6.01. The zero-order chi connectivity index (χ0) is 14.7. The van der Waals surface area contributed by atoms with Crippen molar-refractivity contribution in [3.8, 4) is 0 Å². The van der Waals surface area contributed by atoms with E-state index in [1.165, 1.54) is 5.56 Å². The van der Waals surface area contributed by atoms with E-state index in [0.29, 0.717) is 5.92 Å². The minimum Gasteiger partial charge on any atom is -0.355 e. The Hall–Kier alpha value is -0.910. The normalized spacial score (nSPS) is 25.6. The molecule has 0 spiro atoms. The van der Waals surface area contributed by atoms with E-state index in [2.05, 4.69) is 43.6 Å². The second-order valence-corrected chi connectivity index (χ2v) is 6.80. The van der Waals surface area contributed by atoms with Gasteiger partial charge in [0.1, 0.15) is 0 Å². The Morgan fingerprint density at radius 3 is 2.95 bits per heavy atom. The number of hydrogen-bond acceptors (Lipinski definition) is 3. The molecule has 5 heteroatoms. The molecule has 1 saturated heterocycles. The lowest BCUT2D eigenvalue weighted by molar-refractivity contribution is -0.122. The predicted octanol–water partition coefficient (Wildman–Crippen LogP) is 1.57. The number of piperazine rings is 1. The number of nitrogens with zero attached hydrogens (tertiary/aromatic N) is 1. The SMILES string of the molecule is O=C(NCCN1CCNCC1)C1CC1c1cccc(Br)c1. The first-order valence-corrected chi connectivity index (χ1v) is 8.49. The Labute approximate surface area is 134 Å². The van der Waals surface area contributed by atoms with E-state index < -0.39 is 0 Å². The van der Waals surface area contributed by atoms with Gasteiger partial charge in [-0.3, -0.25) is 9.69 Å². The van der Waals surface area contributed by atoms with Gasteiger partial charge in [0.25, 0.3) is 0 Å². The molecule has 21 heavy (non-hydrogen) atoms. The molecule has 2 aliphatic rings. The summed E-state index contributed by atoms with van der Waals surface area (Å²) >= 11 is 3.49. The van der Waals surface area contributed by atoms with E-state index >= 15 is 0 Å². The Morgan fingerprint density at radius 2 is 2.19 bits per heavy atom. The van der Waals surface area contributed by atoms with Crippen molar-refractivity contribution in [3.63, 3.8) is 0 Å². The van der Waals surface area contributed by atoms with Gasteiger partial charge in [0, 0.05) is 49.7 Å². The molecule has 1 amide bonds. The minimum atomic E-state index is 0.169. The maximum absolute atomic E-state index is 12.2. The molecule has 3 rings (SSSR count). The molecule has 0 radical (unpaired) electrons. The molecule has 2 atom stereocenters. The van der Waals surface area contributed by atoms with Crippen LogP contribution in [0.2, 0.25) is 0 Å². The fraction of sp³-hybridized carbons (Fsp3) is 0.562. The highest BCUT2D eigenvalue weighted by molar-refractivity contribution is 9.10. The third-order valence-electron chi connectivity index (χ3n) is 4.34. The van der Waals surface area contributed by atoms with Crippen LogP contribution in [0.5, 0.6) is 0 Å². The maximum Gasteiger partial charge on any atom is 0.223 e. The topological polar surface area (TPSA) is 44.4 Å². The van der Waals surface area contributed by atoms with E-state index in [1.54, 1.807) is 0 Å². The molecule has 4 nitrogen and oxygen atoms in total. The van der Waals surface area contributed by atoms with Crippen molar-refractivity contribution in [2.75, 3.05) is 39.3 Å². The fourth-order valence-corrected chi connectivity index (χ4v) is 3.41. The second kappa shape index (κ2) is 6.90. The lowest BCUT2D eigenvalue weighted by Crippen LogP contribution is -2.46. The quantitative estimate of drug-likeness (QED) is 0.846. The summed E-state index contributed by atoms with van der Waals surface area (Å²) in [4.78, 5) is 14.6. The second-order valence-electron chi connectivity index (χ2n) is 5.89. The average Bonchev–Trinajstić information content (AvgIpc) is 3.29. The van der Waals surface area contributed by atoms with Crippen LogP contribution in [0.15, 0.2) is 28.7 Å². The molecule has 1 aliphatic carbocycles. The third-order valence-corrected chi connectivity index (χ3v) is 4.83. The van der Waals surface area contributed by atoms with Crippen molar-refractivity contribution < 1.29 is 4.79 Å². The molecule has 1 saturated carbocycles. The van der Waals surface area contributed by atoms with Crippen LogP contribution >= 0.6 is 15.9 Å². The first kappa shape index (κ1) is 15.0. The lowest BCUT2D eigenvalue weighted by atomic mass is 10.1. The average molecular weight is 352 g/mol. The highest BCUT2D eigenvalue weighted by Gasteiger charge is 2.43. The summed E-state index contributed by atoms with van der Waals surface area (Å²) in [5.74, 6) is 0.791. The van der Waals surface area contributed by atoms with E-state index in [-0.39, 0.29) is 11.8 Å². The molecule has 1 aliphatic heterocycles. The van der Waals surface area contributed by atoms with Crippen molar-refractivity contribution in [2.24, 2.45) is 5.92 Å². The first-order chi connectivity index (χ1) is 10.2. The van der Waals surface area contributed by atoms with E-state index in [4.69, 9.17) is 0 Å². The number of rotatable bonds is 5. The van der Waals surface area contributed by atoms with Gasteiger partial charge in [-0.2, -0.15) is 0 Å². The van der Waals surface area contributed by atoms with Crippen LogP contribution < -0.4 is 10.6 Å². The number of hydrogen-bond donors (Lipinski definition) is 2. The van der Waals surface area contributed by atoms with Gasteiger partial charge in [-0.25, -0.2) is 0 Å². The summed E-state index contributed by atoms with van der Waals surface area (Å²) in [6, 6.07) is 8.30. The Morgan fingerprint density at radius 1 is 1.38 bits per heavy atom. The van der Waals surface area contributed by atoms with Gasteiger partial charge in [-0.1, -0.05) is 28.1 Å². The van der Waals surface area contributed by atoms with Crippen LogP contribution in [0.4, 0.5) is 0 Å². The fourth-order valence-electron chi connectivity index (χ4n) is 2.99. The zero-order valence-electron chi connectivity index (χ0n) is 12.1. The number of amides is 1. The largest absolute Gasteiger partial charge is 0.355 e. The van der Waals surface area contributed by atoms with Gasteiger partial charge in [-0.05, 0) is 30.0 Å². The summed E-state index contributed by atoms with van der Waals surface area (Å²) in [5, 5.41) is 6.43. The molecule has 0 bridgehead atoms. The van der Waals surface area contributed by atoms with Gasteiger partial charge in [0.15, 0.2) is 0 Å². The molecule has 114 valence electrons. The van der Waals surface area contributed by atoms with Crippen molar-refractivity contribution in [2.45, 2.75) is 12.3 Å².